The topological polar surface area (TPSA) is 66.9 Å². The standard InChI is InChI=1S/C18H19ClN2O4S2/c19-14-3-5-15(6-4-14)27(23,24)21-11-12-25-18(21)7-9-20(10-8-18)17(22)16-2-1-13-26-16/h1-6,13H,7-12H2. The Balaban J connectivity index is 1.53. The molecule has 0 bridgehead atoms. The molecule has 9 heteroatoms. The number of carbonyl (C=O) groups is 1. The van der Waals surface area contributed by atoms with E-state index >= 15 is 0 Å². The van der Waals surface area contributed by atoms with Crippen molar-refractivity contribution in [2.24, 2.45) is 0 Å². The van der Waals surface area contributed by atoms with Crippen LogP contribution in [0.4, 0.5) is 0 Å². The lowest BCUT2D eigenvalue weighted by atomic mass is 10.0. The van der Waals surface area contributed by atoms with Gasteiger partial charge in [0.2, 0.25) is 10.0 Å². The third kappa shape index (κ3) is 3.40. The molecule has 1 aromatic heterocycles. The summed E-state index contributed by atoms with van der Waals surface area (Å²) in [6.45, 7) is 1.59. The van der Waals surface area contributed by atoms with Crippen LogP contribution in [0.5, 0.6) is 0 Å². The maximum atomic E-state index is 13.1. The van der Waals surface area contributed by atoms with Crippen molar-refractivity contribution < 1.29 is 17.9 Å². The molecule has 0 atom stereocenters. The first-order valence-electron chi connectivity index (χ1n) is 8.68. The van der Waals surface area contributed by atoms with E-state index in [1.807, 2.05) is 11.4 Å². The van der Waals surface area contributed by atoms with E-state index in [-0.39, 0.29) is 10.8 Å². The van der Waals surface area contributed by atoms with E-state index in [0.717, 1.165) is 0 Å². The van der Waals surface area contributed by atoms with Crippen LogP contribution in [-0.2, 0) is 14.8 Å². The fourth-order valence-electron chi connectivity index (χ4n) is 3.68. The summed E-state index contributed by atoms with van der Waals surface area (Å²) in [5.74, 6) is -0.00930. The number of nitrogens with zero attached hydrogens (tertiary/aromatic N) is 2. The summed E-state index contributed by atoms with van der Waals surface area (Å²) in [5.41, 5.74) is -0.884. The highest BCUT2D eigenvalue weighted by Gasteiger charge is 2.51. The number of sulfonamides is 1. The monoisotopic (exact) mass is 426 g/mol. The van der Waals surface area contributed by atoms with Crippen molar-refractivity contribution in [1.82, 2.24) is 9.21 Å². The zero-order valence-electron chi connectivity index (χ0n) is 14.5. The Labute approximate surface area is 167 Å². The van der Waals surface area contributed by atoms with Crippen molar-refractivity contribution >= 4 is 38.9 Å². The van der Waals surface area contributed by atoms with Gasteiger partial charge in [-0.05, 0) is 35.7 Å². The van der Waals surface area contributed by atoms with Crippen molar-refractivity contribution in [3.05, 3.63) is 51.7 Å². The lowest BCUT2D eigenvalue weighted by Gasteiger charge is -2.42. The molecule has 1 spiro atoms. The Morgan fingerprint density at radius 2 is 1.81 bits per heavy atom. The van der Waals surface area contributed by atoms with Gasteiger partial charge >= 0.3 is 0 Å². The van der Waals surface area contributed by atoms with Crippen molar-refractivity contribution in [2.45, 2.75) is 23.5 Å². The molecule has 1 amide bonds. The molecule has 0 unspecified atom stereocenters. The molecular weight excluding hydrogens is 408 g/mol. The second-order valence-corrected chi connectivity index (χ2v) is 9.84. The fraction of sp³-hybridized carbons (Fsp3) is 0.389. The third-order valence-electron chi connectivity index (χ3n) is 5.09. The normalized spacial score (nSPS) is 20.3. The summed E-state index contributed by atoms with van der Waals surface area (Å²) >= 11 is 7.29. The molecule has 2 aliphatic rings. The molecule has 3 heterocycles. The van der Waals surface area contributed by atoms with Gasteiger partial charge in [0.05, 0.1) is 16.4 Å². The fourth-order valence-corrected chi connectivity index (χ4v) is 6.22. The van der Waals surface area contributed by atoms with Gasteiger partial charge in [-0.25, -0.2) is 8.42 Å². The predicted molar refractivity (Wildman–Crippen MR) is 103 cm³/mol. The van der Waals surface area contributed by atoms with E-state index in [9.17, 15) is 13.2 Å². The van der Waals surface area contributed by atoms with Crippen molar-refractivity contribution in [3.63, 3.8) is 0 Å². The summed E-state index contributed by atoms with van der Waals surface area (Å²) in [7, 11) is -3.70. The number of likely N-dealkylation sites (tertiary alicyclic amines) is 1. The lowest BCUT2D eigenvalue weighted by Crippen LogP contribution is -2.55. The molecule has 0 aliphatic carbocycles. The minimum atomic E-state index is -3.70. The van der Waals surface area contributed by atoms with Crippen LogP contribution in [0, 0.1) is 0 Å². The number of piperidine rings is 1. The van der Waals surface area contributed by atoms with Crippen molar-refractivity contribution in [2.75, 3.05) is 26.2 Å². The van der Waals surface area contributed by atoms with E-state index in [2.05, 4.69) is 0 Å². The molecule has 27 heavy (non-hydrogen) atoms. The van der Waals surface area contributed by atoms with E-state index in [1.165, 1.54) is 27.8 Å². The highest BCUT2D eigenvalue weighted by atomic mass is 35.5. The molecule has 4 rings (SSSR count). The maximum Gasteiger partial charge on any atom is 0.263 e. The van der Waals surface area contributed by atoms with Gasteiger partial charge in [0.15, 0.2) is 0 Å². The Bertz CT molecular complexity index is 921. The van der Waals surface area contributed by atoms with Crippen LogP contribution in [0.2, 0.25) is 5.02 Å². The van der Waals surface area contributed by atoms with Crippen LogP contribution >= 0.6 is 22.9 Å². The zero-order valence-corrected chi connectivity index (χ0v) is 16.9. The average Bonchev–Trinajstić information content (AvgIpc) is 3.33. The van der Waals surface area contributed by atoms with Crippen LogP contribution in [0.25, 0.3) is 0 Å². The molecule has 6 nitrogen and oxygen atoms in total. The molecular formula is C18H19ClN2O4S2. The first-order valence-corrected chi connectivity index (χ1v) is 11.4. The average molecular weight is 427 g/mol. The lowest BCUT2D eigenvalue weighted by molar-refractivity contribution is -0.0856. The number of carbonyl (C=O) groups excluding carboxylic acids is 1. The number of thiophene rings is 1. The summed E-state index contributed by atoms with van der Waals surface area (Å²) < 4.78 is 33.7. The first kappa shape index (κ1) is 18.9. The van der Waals surface area contributed by atoms with E-state index < -0.39 is 15.7 Å². The van der Waals surface area contributed by atoms with Crippen molar-refractivity contribution in [3.8, 4) is 0 Å². The molecule has 2 fully saturated rings. The molecule has 0 saturated carbocycles. The Morgan fingerprint density at radius 1 is 1.11 bits per heavy atom. The molecule has 1 aromatic carbocycles. The largest absolute Gasteiger partial charge is 0.358 e. The van der Waals surface area contributed by atoms with Gasteiger partial charge in [-0.3, -0.25) is 4.79 Å². The van der Waals surface area contributed by atoms with Crippen LogP contribution in [0.1, 0.15) is 22.5 Å². The van der Waals surface area contributed by atoms with Gasteiger partial charge < -0.3 is 9.64 Å². The number of ether oxygens (including phenoxy) is 1. The Morgan fingerprint density at radius 3 is 2.44 bits per heavy atom. The minimum absolute atomic E-state index is 0.00930. The van der Waals surface area contributed by atoms with Gasteiger partial charge in [0, 0.05) is 37.5 Å². The Kier molecular flexibility index (Phi) is 5.02. The van der Waals surface area contributed by atoms with Gasteiger partial charge in [0.25, 0.3) is 5.91 Å². The van der Waals surface area contributed by atoms with Crippen LogP contribution < -0.4 is 0 Å². The smallest absolute Gasteiger partial charge is 0.263 e. The minimum Gasteiger partial charge on any atom is -0.358 e. The molecule has 0 N–H and O–H groups in total. The van der Waals surface area contributed by atoms with Crippen LogP contribution in [-0.4, -0.2) is 55.5 Å². The number of benzene rings is 1. The summed E-state index contributed by atoms with van der Waals surface area (Å²) in [6.07, 6.45) is 0.911. The SMILES string of the molecule is O=C(c1cccs1)N1CCC2(CC1)OCCN2S(=O)(=O)c1ccc(Cl)cc1. The van der Waals surface area contributed by atoms with Crippen LogP contribution in [0.15, 0.2) is 46.7 Å². The molecule has 2 aromatic rings. The van der Waals surface area contributed by atoms with Gasteiger partial charge in [-0.1, -0.05) is 17.7 Å². The molecule has 2 aliphatic heterocycles. The second kappa shape index (κ2) is 7.18. The quantitative estimate of drug-likeness (QED) is 0.756. The molecule has 0 radical (unpaired) electrons. The maximum absolute atomic E-state index is 13.1. The van der Waals surface area contributed by atoms with E-state index in [1.54, 1.807) is 23.1 Å². The van der Waals surface area contributed by atoms with Crippen molar-refractivity contribution in [1.29, 1.82) is 0 Å². The summed E-state index contributed by atoms with van der Waals surface area (Å²) in [5, 5.41) is 2.36. The van der Waals surface area contributed by atoms with Gasteiger partial charge in [-0.15, -0.1) is 11.3 Å². The Hall–Kier alpha value is -1.45. The number of halogens is 1. The predicted octanol–water partition coefficient (Wildman–Crippen LogP) is 3.05. The molecule has 2 saturated heterocycles. The van der Waals surface area contributed by atoms with Gasteiger partial charge in [0.1, 0.15) is 5.72 Å². The third-order valence-corrected chi connectivity index (χ3v) is 8.16. The number of hydrogen-bond acceptors (Lipinski definition) is 5. The van der Waals surface area contributed by atoms with Gasteiger partial charge in [-0.2, -0.15) is 4.31 Å². The number of hydrogen-bond donors (Lipinski definition) is 0. The second-order valence-electron chi connectivity index (χ2n) is 6.60. The molecule has 144 valence electrons. The number of rotatable bonds is 3. The highest BCUT2D eigenvalue weighted by Crippen LogP contribution is 2.38. The summed E-state index contributed by atoms with van der Waals surface area (Å²) in [4.78, 5) is 15.2. The highest BCUT2D eigenvalue weighted by molar-refractivity contribution is 7.89. The van der Waals surface area contributed by atoms with E-state index in [0.29, 0.717) is 49.0 Å². The number of amides is 1. The summed E-state index contributed by atoms with van der Waals surface area (Å²) in [6, 6.07) is 9.82. The zero-order chi connectivity index (χ0) is 19.1. The van der Waals surface area contributed by atoms with Crippen LogP contribution in [0.3, 0.4) is 0 Å². The van der Waals surface area contributed by atoms with E-state index in [4.69, 9.17) is 16.3 Å². The first-order chi connectivity index (χ1) is 12.9.